The normalized spacial score (nSPS) is 18.1. The second kappa shape index (κ2) is 7.01. The lowest BCUT2D eigenvalue weighted by Crippen LogP contribution is -2.10. The number of hydrogen-bond acceptors (Lipinski definition) is 6. The number of pyridine rings is 1. The molecular weight excluding hydrogens is 371 g/mol. The first-order valence-corrected chi connectivity index (χ1v) is 10.2. The third kappa shape index (κ3) is 3.86. The van der Waals surface area contributed by atoms with E-state index in [2.05, 4.69) is 4.98 Å². The Kier molecular flexibility index (Phi) is 4.69. The number of ether oxygens (including phenoxy) is 1. The monoisotopic (exact) mass is 390 g/mol. The Bertz CT molecular complexity index is 885. The van der Waals surface area contributed by atoms with Crippen LogP contribution in [0.4, 0.5) is 5.69 Å². The van der Waals surface area contributed by atoms with Crippen molar-refractivity contribution in [3.63, 3.8) is 0 Å². The molecule has 1 aromatic heterocycles. The molecular formula is C17H19N4O5P. The summed E-state index contributed by atoms with van der Waals surface area (Å²) in [6.07, 6.45) is 2.56. The van der Waals surface area contributed by atoms with Crippen LogP contribution in [0.1, 0.15) is 18.6 Å². The Hall–Kier alpha value is -2.32. The standard InChI is InChI=1S/C17H19N4O5P/c1-13(26-27(24,19-7-8-19)20-9-10-20)14-4-5-16(21(22)23)17(11-14)25-15-3-2-6-18-12-15/h2-6,11-13H,7-10H2,1H3. The van der Waals surface area contributed by atoms with Gasteiger partial charge in [0.2, 0.25) is 5.75 Å². The van der Waals surface area contributed by atoms with Gasteiger partial charge in [-0.15, -0.1) is 0 Å². The lowest BCUT2D eigenvalue weighted by Gasteiger charge is -2.24. The van der Waals surface area contributed by atoms with Gasteiger partial charge in [-0.1, -0.05) is 0 Å². The Labute approximate surface area is 156 Å². The van der Waals surface area contributed by atoms with Gasteiger partial charge in [-0.25, -0.2) is 9.34 Å². The van der Waals surface area contributed by atoms with Crippen molar-refractivity contribution < 1.29 is 18.7 Å². The average molecular weight is 390 g/mol. The molecule has 2 aliphatic heterocycles. The minimum Gasteiger partial charge on any atom is -0.448 e. The molecule has 0 amide bonds. The molecule has 10 heteroatoms. The highest BCUT2D eigenvalue weighted by molar-refractivity contribution is 7.54. The van der Waals surface area contributed by atoms with Crippen LogP contribution in [0.2, 0.25) is 0 Å². The number of hydrogen-bond donors (Lipinski definition) is 0. The maximum atomic E-state index is 13.2. The van der Waals surface area contributed by atoms with Crippen LogP contribution in [0.25, 0.3) is 0 Å². The maximum absolute atomic E-state index is 13.2. The summed E-state index contributed by atoms with van der Waals surface area (Å²) in [6.45, 7) is 4.83. The number of nitro benzene ring substituents is 1. The summed E-state index contributed by atoms with van der Waals surface area (Å²) in [5.41, 5.74) is 0.498. The van der Waals surface area contributed by atoms with Gasteiger partial charge in [-0.05, 0) is 36.8 Å². The van der Waals surface area contributed by atoms with Crippen LogP contribution >= 0.6 is 7.67 Å². The molecule has 0 radical (unpaired) electrons. The van der Waals surface area contributed by atoms with Crippen molar-refractivity contribution in [2.45, 2.75) is 13.0 Å². The molecule has 1 aromatic carbocycles. The minimum absolute atomic E-state index is 0.0919. The van der Waals surface area contributed by atoms with Crippen LogP contribution in [0.15, 0.2) is 42.7 Å². The number of nitro groups is 1. The van der Waals surface area contributed by atoms with Crippen molar-refractivity contribution in [1.82, 2.24) is 14.3 Å². The van der Waals surface area contributed by atoms with Crippen LogP contribution < -0.4 is 4.74 Å². The Balaban J connectivity index is 1.59. The largest absolute Gasteiger partial charge is 0.448 e. The van der Waals surface area contributed by atoms with Gasteiger partial charge in [0.1, 0.15) is 5.75 Å². The van der Waals surface area contributed by atoms with Crippen LogP contribution in [0.3, 0.4) is 0 Å². The van der Waals surface area contributed by atoms with E-state index in [-0.39, 0.29) is 11.4 Å². The predicted molar refractivity (Wildman–Crippen MR) is 97.7 cm³/mol. The summed E-state index contributed by atoms with van der Waals surface area (Å²) in [7, 11) is -2.99. The van der Waals surface area contributed by atoms with Gasteiger partial charge in [0.05, 0.1) is 17.2 Å². The van der Waals surface area contributed by atoms with E-state index in [4.69, 9.17) is 9.26 Å². The second-order valence-corrected chi connectivity index (χ2v) is 8.74. The highest BCUT2D eigenvalue weighted by Crippen LogP contribution is 2.63. The van der Waals surface area contributed by atoms with Crippen molar-refractivity contribution in [1.29, 1.82) is 0 Å². The average Bonchev–Trinajstić information content (AvgIpc) is 3.54. The molecule has 1 atom stereocenters. The Morgan fingerprint density at radius 2 is 1.93 bits per heavy atom. The maximum Gasteiger partial charge on any atom is 0.346 e. The molecule has 9 nitrogen and oxygen atoms in total. The molecule has 0 bridgehead atoms. The summed E-state index contributed by atoms with van der Waals surface area (Å²) in [5, 5.41) is 11.3. The summed E-state index contributed by atoms with van der Waals surface area (Å²) in [6, 6.07) is 7.89. The van der Waals surface area contributed by atoms with Crippen LogP contribution in [-0.2, 0) is 9.09 Å². The van der Waals surface area contributed by atoms with E-state index in [0.717, 1.165) is 26.2 Å². The van der Waals surface area contributed by atoms with Crippen molar-refractivity contribution in [2.24, 2.45) is 0 Å². The van der Waals surface area contributed by atoms with Gasteiger partial charge in [0.25, 0.3) is 0 Å². The molecule has 2 aliphatic rings. The molecule has 0 N–H and O–H groups in total. The molecule has 27 heavy (non-hydrogen) atoms. The molecule has 2 aromatic rings. The SMILES string of the molecule is CC(OP(=O)(N1CC1)N1CC1)c1ccc([N+](=O)[O-])c(Oc2cccnc2)c1. The fourth-order valence-corrected chi connectivity index (χ4v) is 5.07. The summed E-state index contributed by atoms with van der Waals surface area (Å²) >= 11 is 0. The lowest BCUT2D eigenvalue weighted by atomic mass is 10.1. The summed E-state index contributed by atoms with van der Waals surface area (Å²) < 4.78 is 28.4. The van der Waals surface area contributed by atoms with E-state index in [1.807, 2.05) is 9.34 Å². The van der Waals surface area contributed by atoms with Gasteiger partial charge < -0.3 is 4.74 Å². The summed E-state index contributed by atoms with van der Waals surface area (Å²) in [4.78, 5) is 14.8. The molecule has 0 aliphatic carbocycles. The van der Waals surface area contributed by atoms with Crippen molar-refractivity contribution in [2.75, 3.05) is 26.2 Å². The predicted octanol–water partition coefficient (Wildman–Crippen LogP) is 3.60. The zero-order valence-corrected chi connectivity index (χ0v) is 15.6. The van der Waals surface area contributed by atoms with Gasteiger partial charge in [-0.3, -0.25) is 24.2 Å². The van der Waals surface area contributed by atoms with Crippen LogP contribution in [0, 0.1) is 10.1 Å². The third-order valence-corrected chi connectivity index (χ3v) is 7.19. The fraction of sp³-hybridized carbons (Fsp3) is 0.353. The second-order valence-electron chi connectivity index (χ2n) is 6.42. The third-order valence-electron chi connectivity index (χ3n) is 4.37. The Morgan fingerprint density at radius 3 is 2.48 bits per heavy atom. The molecule has 4 rings (SSSR count). The quantitative estimate of drug-likeness (QED) is 0.292. The van der Waals surface area contributed by atoms with Gasteiger partial charge >= 0.3 is 13.4 Å². The van der Waals surface area contributed by atoms with E-state index in [0.29, 0.717) is 11.3 Å². The number of benzene rings is 1. The lowest BCUT2D eigenvalue weighted by molar-refractivity contribution is -0.385. The van der Waals surface area contributed by atoms with Crippen molar-refractivity contribution in [3.05, 3.63) is 58.4 Å². The number of rotatable bonds is 8. The van der Waals surface area contributed by atoms with Crippen molar-refractivity contribution in [3.8, 4) is 11.5 Å². The van der Waals surface area contributed by atoms with Gasteiger partial charge in [0.15, 0.2) is 0 Å². The zero-order valence-electron chi connectivity index (χ0n) is 14.7. The molecule has 1 unspecified atom stereocenters. The molecule has 0 spiro atoms. The molecule has 142 valence electrons. The van der Waals surface area contributed by atoms with Crippen LogP contribution in [-0.4, -0.2) is 45.4 Å². The summed E-state index contributed by atoms with van der Waals surface area (Å²) in [5.74, 6) is 0.486. The molecule has 3 heterocycles. The zero-order chi connectivity index (χ0) is 19.0. The smallest absolute Gasteiger partial charge is 0.346 e. The number of aromatic nitrogens is 1. The first kappa shape index (κ1) is 18.1. The van der Waals surface area contributed by atoms with Crippen LogP contribution in [0.5, 0.6) is 11.5 Å². The highest BCUT2D eigenvalue weighted by atomic mass is 31.2. The van der Waals surface area contributed by atoms with E-state index in [1.54, 1.807) is 37.4 Å². The molecule has 2 saturated heterocycles. The van der Waals surface area contributed by atoms with E-state index >= 15 is 0 Å². The van der Waals surface area contributed by atoms with Gasteiger partial charge in [-0.2, -0.15) is 0 Å². The first-order valence-electron chi connectivity index (χ1n) is 8.63. The van der Waals surface area contributed by atoms with E-state index in [1.165, 1.54) is 12.3 Å². The topological polar surface area (TPSA) is 97.6 Å². The van der Waals surface area contributed by atoms with E-state index < -0.39 is 18.7 Å². The fourth-order valence-electron chi connectivity index (χ4n) is 2.72. The molecule has 0 saturated carbocycles. The van der Waals surface area contributed by atoms with E-state index in [9.17, 15) is 14.7 Å². The first-order chi connectivity index (χ1) is 13.0. The molecule has 2 fully saturated rings. The Morgan fingerprint density at radius 1 is 1.22 bits per heavy atom. The van der Waals surface area contributed by atoms with Gasteiger partial charge in [0, 0.05) is 38.4 Å². The highest BCUT2D eigenvalue weighted by Gasteiger charge is 2.50. The van der Waals surface area contributed by atoms with Crippen molar-refractivity contribution >= 4 is 13.4 Å². The number of nitrogens with zero attached hydrogens (tertiary/aromatic N) is 4. The minimum atomic E-state index is -2.99.